The summed E-state index contributed by atoms with van der Waals surface area (Å²) in [7, 11) is 0. The van der Waals surface area contributed by atoms with Crippen molar-refractivity contribution in [3.63, 3.8) is 0 Å². The van der Waals surface area contributed by atoms with E-state index in [2.05, 4.69) is 17.9 Å². The van der Waals surface area contributed by atoms with E-state index in [1.54, 1.807) is 0 Å². The van der Waals surface area contributed by atoms with E-state index in [1.807, 2.05) is 0 Å². The summed E-state index contributed by atoms with van der Waals surface area (Å²) in [5, 5.41) is 8.60. The van der Waals surface area contributed by atoms with Gasteiger partial charge in [0.1, 0.15) is 6.61 Å². The molecule has 13 heavy (non-hydrogen) atoms. The third-order valence-electron chi connectivity index (χ3n) is 1.33. The van der Waals surface area contributed by atoms with Crippen molar-refractivity contribution in [2.75, 3.05) is 6.61 Å². The molecular weight excluding hydrogens is 172 g/mol. The molecule has 0 aromatic heterocycles. The molecule has 0 saturated carbocycles. The molecule has 0 rings (SSSR count). The molecule has 1 unspecified atom stereocenters. The Hall–Kier alpha value is -1.58. The van der Waals surface area contributed by atoms with Gasteiger partial charge in [-0.1, -0.05) is 18.7 Å². The maximum atomic E-state index is 11.0. The molecule has 1 atom stereocenters. The predicted molar refractivity (Wildman–Crippen MR) is 47.1 cm³/mol. The quantitative estimate of drug-likeness (QED) is 0.380. The molecule has 4 nitrogen and oxygen atoms in total. The van der Waals surface area contributed by atoms with Crippen LogP contribution in [-0.2, 0) is 14.3 Å². The second kappa shape index (κ2) is 5.99. The van der Waals surface area contributed by atoms with E-state index in [9.17, 15) is 9.59 Å². The van der Waals surface area contributed by atoms with Gasteiger partial charge in [0.25, 0.3) is 0 Å². The zero-order valence-corrected chi connectivity index (χ0v) is 7.23. The monoisotopic (exact) mass is 184 g/mol. The average Bonchev–Trinajstić information content (AvgIpc) is 2.09. The van der Waals surface area contributed by atoms with E-state index in [1.165, 1.54) is 12.2 Å². The molecular formula is C9H12O4. The molecule has 0 radical (unpaired) electrons. The molecule has 4 heteroatoms. The van der Waals surface area contributed by atoms with Crippen LogP contribution in [0.25, 0.3) is 0 Å². The highest BCUT2D eigenvalue weighted by Crippen LogP contribution is 2.06. The van der Waals surface area contributed by atoms with Crippen LogP contribution < -0.4 is 0 Å². The second-order valence-corrected chi connectivity index (χ2v) is 2.33. The Kier molecular flexibility index (Phi) is 5.27. The van der Waals surface area contributed by atoms with Gasteiger partial charge in [-0.2, -0.15) is 0 Å². The molecule has 0 aliphatic heterocycles. The molecule has 0 amide bonds. The minimum Gasteiger partial charge on any atom is -0.481 e. The van der Waals surface area contributed by atoms with Crippen LogP contribution in [0.15, 0.2) is 25.3 Å². The summed E-state index contributed by atoms with van der Waals surface area (Å²) in [4.78, 5) is 21.6. The van der Waals surface area contributed by atoms with Crippen LogP contribution >= 0.6 is 0 Å². The van der Waals surface area contributed by atoms with Crippen LogP contribution in [0.3, 0.4) is 0 Å². The highest BCUT2D eigenvalue weighted by Gasteiger charge is 2.25. The molecule has 0 aromatic rings. The minimum atomic E-state index is -1.20. The Labute approximate surface area is 76.5 Å². The van der Waals surface area contributed by atoms with Gasteiger partial charge in [0.05, 0.1) is 0 Å². The average molecular weight is 184 g/mol. The van der Waals surface area contributed by atoms with Crippen LogP contribution in [0, 0.1) is 5.92 Å². The van der Waals surface area contributed by atoms with Crippen LogP contribution in [-0.4, -0.2) is 23.7 Å². The first kappa shape index (κ1) is 11.4. The lowest BCUT2D eigenvalue weighted by Crippen LogP contribution is -2.25. The van der Waals surface area contributed by atoms with Crippen molar-refractivity contribution in [2.45, 2.75) is 6.42 Å². The predicted octanol–water partition coefficient (Wildman–Crippen LogP) is 0.992. The summed E-state index contributed by atoms with van der Waals surface area (Å²) in [6, 6.07) is 0. The summed E-state index contributed by atoms with van der Waals surface area (Å²) >= 11 is 0. The van der Waals surface area contributed by atoms with E-state index >= 15 is 0 Å². The molecule has 0 bridgehead atoms. The van der Waals surface area contributed by atoms with E-state index in [-0.39, 0.29) is 13.0 Å². The second-order valence-electron chi connectivity index (χ2n) is 2.33. The lowest BCUT2D eigenvalue weighted by molar-refractivity contribution is -0.157. The molecule has 0 fully saturated rings. The van der Waals surface area contributed by atoms with Gasteiger partial charge in [0.15, 0.2) is 5.92 Å². The number of rotatable bonds is 6. The summed E-state index contributed by atoms with van der Waals surface area (Å²) in [5.41, 5.74) is 0. The molecule has 0 spiro atoms. The van der Waals surface area contributed by atoms with E-state index < -0.39 is 17.9 Å². The number of carbonyl (C=O) groups is 2. The van der Waals surface area contributed by atoms with Crippen LogP contribution in [0.4, 0.5) is 0 Å². The zero-order valence-electron chi connectivity index (χ0n) is 7.23. The maximum absolute atomic E-state index is 11.0. The van der Waals surface area contributed by atoms with E-state index in [0.717, 1.165) is 0 Å². The van der Waals surface area contributed by atoms with Gasteiger partial charge in [-0.3, -0.25) is 9.59 Å². The Morgan fingerprint density at radius 1 is 1.38 bits per heavy atom. The molecule has 0 heterocycles. The highest BCUT2D eigenvalue weighted by atomic mass is 16.5. The van der Waals surface area contributed by atoms with Crippen molar-refractivity contribution in [3.8, 4) is 0 Å². The van der Waals surface area contributed by atoms with Gasteiger partial charge in [-0.05, 0) is 6.42 Å². The van der Waals surface area contributed by atoms with Crippen molar-refractivity contribution in [1.29, 1.82) is 0 Å². The lowest BCUT2D eigenvalue weighted by Gasteiger charge is -2.08. The SMILES string of the molecule is C=CCOC(=O)C(CC=C)C(=O)O. The number of carbonyl (C=O) groups excluding carboxylic acids is 1. The number of aliphatic carboxylic acids is 1. The fourth-order valence-corrected chi connectivity index (χ4v) is 0.706. The lowest BCUT2D eigenvalue weighted by atomic mass is 10.1. The Morgan fingerprint density at radius 3 is 2.38 bits per heavy atom. The van der Waals surface area contributed by atoms with Gasteiger partial charge in [0.2, 0.25) is 0 Å². The summed E-state index contributed by atoms with van der Waals surface area (Å²) in [6.07, 6.45) is 2.82. The van der Waals surface area contributed by atoms with E-state index in [0.29, 0.717) is 0 Å². The van der Waals surface area contributed by atoms with Gasteiger partial charge >= 0.3 is 11.9 Å². The molecule has 1 N–H and O–H groups in total. The minimum absolute atomic E-state index is 0.0275. The van der Waals surface area contributed by atoms with Crippen molar-refractivity contribution in [2.24, 2.45) is 5.92 Å². The highest BCUT2D eigenvalue weighted by molar-refractivity contribution is 5.94. The number of esters is 1. The third-order valence-corrected chi connectivity index (χ3v) is 1.33. The topological polar surface area (TPSA) is 63.6 Å². The Balaban J connectivity index is 4.18. The first-order valence-corrected chi connectivity index (χ1v) is 3.74. The maximum Gasteiger partial charge on any atom is 0.320 e. The smallest absolute Gasteiger partial charge is 0.320 e. The number of ether oxygens (including phenoxy) is 1. The molecule has 0 aliphatic rings. The van der Waals surface area contributed by atoms with Crippen molar-refractivity contribution in [3.05, 3.63) is 25.3 Å². The summed E-state index contributed by atoms with van der Waals surface area (Å²) in [5.74, 6) is -3.11. The van der Waals surface area contributed by atoms with Crippen molar-refractivity contribution in [1.82, 2.24) is 0 Å². The third kappa shape index (κ3) is 4.10. The number of carboxylic acids is 1. The number of allylic oxidation sites excluding steroid dienone is 1. The van der Waals surface area contributed by atoms with E-state index in [4.69, 9.17) is 5.11 Å². The summed E-state index contributed by atoms with van der Waals surface area (Å²) < 4.78 is 4.58. The van der Waals surface area contributed by atoms with Gasteiger partial charge < -0.3 is 9.84 Å². The largest absolute Gasteiger partial charge is 0.481 e. The first-order valence-electron chi connectivity index (χ1n) is 3.74. The van der Waals surface area contributed by atoms with Crippen LogP contribution in [0.2, 0.25) is 0 Å². The number of carboxylic acid groups (broad SMARTS) is 1. The van der Waals surface area contributed by atoms with Crippen molar-refractivity contribution >= 4 is 11.9 Å². The number of hydrogen-bond donors (Lipinski definition) is 1. The van der Waals surface area contributed by atoms with Crippen molar-refractivity contribution < 1.29 is 19.4 Å². The fraction of sp³-hybridized carbons (Fsp3) is 0.333. The van der Waals surface area contributed by atoms with Gasteiger partial charge in [0, 0.05) is 0 Å². The molecule has 0 aliphatic carbocycles. The normalized spacial score (nSPS) is 11.4. The van der Waals surface area contributed by atoms with Gasteiger partial charge in [-0.25, -0.2) is 0 Å². The first-order chi connectivity index (χ1) is 6.13. The van der Waals surface area contributed by atoms with Crippen LogP contribution in [0.5, 0.6) is 0 Å². The fourth-order valence-electron chi connectivity index (χ4n) is 0.706. The van der Waals surface area contributed by atoms with Gasteiger partial charge in [-0.15, -0.1) is 6.58 Å². The Morgan fingerprint density at radius 2 is 2.00 bits per heavy atom. The zero-order chi connectivity index (χ0) is 10.3. The Bertz CT molecular complexity index is 220. The molecule has 72 valence electrons. The molecule has 0 aromatic carbocycles. The van der Waals surface area contributed by atoms with Crippen LogP contribution in [0.1, 0.15) is 6.42 Å². The number of hydrogen-bond acceptors (Lipinski definition) is 3. The molecule has 0 saturated heterocycles. The standard InChI is InChI=1S/C9H12O4/c1-3-5-7(8(10)11)9(12)13-6-4-2/h3-4,7H,1-2,5-6H2,(H,10,11). The summed E-state index contributed by atoms with van der Waals surface area (Å²) in [6.45, 7) is 6.72.